The van der Waals surface area contributed by atoms with Gasteiger partial charge in [-0.3, -0.25) is 4.79 Å². The van der Waals surface area contributed by atoms with Crippen LogP contribution in [0.15, 0.2) is 34.7 Å². The minimum atomic E-state index is -0.237. The van der Waals surface area contributed by atoms with E-state index in [9.17, 15) is 4.79 Å². The van der Waals surface area contributed by atoms with Gasteiger partial charge in [0.15, 0.2) is 4.34 Å². The van der Waals surface area contributed by atoms with E-state index >= 15 is 0 Å². The van der Waals surface area contributed by atoms with Crippen LogP contribution in [0.4, 0.5) is 5.00 Å². The van der Waals surface area contributed by atoms with Crippen molar-refractivity contribution < 1.29 is 9.53 Å². The summed E-state index contributed by atoms with van der Waals surface area (Å²) in [5.41, 5.74) is 7.82. The molecule has 0 fully saturated rings. The third kappa shape index (κ3) is 3.98. The van der Waals surface area contributed by atoms with Crippen molar-refractivity contribution in [3.63, 3.8) is 0 Å². The van der Waals surface area contributed by atoms with Gasteiger partial charge in [-0.05, 0) is 13.3 Å². The summed E-state index contributed by atoms with van der Waals surface area (Å²) in [6, 6.07) is 9.81. The van der Waals surface area contributed by atoms with E-state index in [0.717, 1.165) is 15.6 Å². The Morgan fingerprint density at radius 1 is 1.38 bits per heavy atom. The van der Waals surface area contributed by atoms with Crippen molar-refractivity contribution in [2.45, 2.75) is 29.9 Å². The molecule has 0 saturated heterocycles. The van der Waals surface area contributed by atoms with Crippen molar-refractivity contribution in [2.24, 2.45) is 0 Å². The van der Waals surface area contributed by atoms with E-state index in [2.05, 4.69) is 4.98 Å². The van der Waals surface area contributed by atoms with Crippen LogP contribution in [0.2, 0.25) is 0 Å². The summed E-state index contributed by atoms with van der Waals surface area (Å²) in [5.74, 6) is -0.194. The van der Waals surface area contributed by atoms with Crippen molar-refractivity contribution in [1.29, 1.82) is 0 Å². The number of thioether (sulfide) groups is 1. The molecule has 0 bridgehead atoms. The molecule has 0 spiro atoms. The molecule has 0 radical (unpaired) electrons. The summed E-state index contributed by atoms with van der Waals surface area (Å²) >= 11 is 2.83. The average molecular weight is 322 g/mol. The zero-order valence-electron chi connectivity index (χ0n) is 12.0. The number of ether oxygens (including phenoxy) is 1. The third-order valence-corrected chi connectivity index (χ3v) is 5.17. The summed E-state index contributed by atoms with van der Waals surface area (Å²) in [4.78, 5) is 16.4. The predicted octanol–water partition coefficient (Wildman–Crippen LogP) is 3.83. The van der Waals surface area contributed by atoms with E-state index < -0.39 is 0 Å². The lowest BCUT2D eigenvalue weighted by Crippen LogP contribution is -2.19. The SMILES string of the molecule is CCOC(=O)C(CC)Sc1nc(-c2ccccc2)c(N)s1. The number of carbonyl (C=O) groups excluding carboxylic acids is 1. The van der Waals surface area contributed by atoms with Crippen LogP contribution in [0.5, 0.6) is 0 Å². The third-order valence-electron chi connectivity index (χ3n) is 2.84. The first-order valence-corrected chi connectivity index (χ1v) is 8.50. The smallest absolute Gasteiger partial charge is 0.319 e. The second-order valence-electron chi connectivity index (χ2n) is 4.33. The number of esters is 1. The highest BCUT2D eigenvalue weighted by molar-refractivity contribution is 8.02. The number of nitrogens with zero attached hydrogens (tertiary/aromatic N) is 1. The van der Waals surface area contributed by atoms with Gasteiger partial charge in [0.2, 0.25) is 0 Å². The number of aromatic nitrogens is 1. The molecule has 4 nitrogen and oxygen atoms in total. The zero-order chi connectivity index (χ0) is 15.2. The largest absolute Gasteiger partial charge is 0.465 e. The Morgan fingerprint density at radius 2 is 2.10 bits per heavy atom. The van der Waals surface area contributed by atoms with Crippen molar-refractivity contribution in [1.82, 2.24) is 4.98 Å². The van der Waals surface area contributed by atoms with Crippen LogP contribution < -0.4 is 5.73 Å². The summed E-state index contributed by atoms with van der Waals surface area (Å²) < 4.78 is 5.87. The number of benzene rings is 1. The van der Waals surface area contributed by atoms with Gasteiger partial charge in [0.25, 0.3) is 0 Å². The maximum absolute atomic E-state index is 11.8. The van der Waals surface area contributed by atoms with Gasteiger partial charge in [-0.15, -0.1) is 0 Å². The van der Waals surface area contributed by atoms with Gasteiger partial charge in [-0.1, -0.05) is 60.4 Å². The minimum absolute atomic E-state index is 0.194. The van der Waals surface area contributed by atoms with E-state index in [-0.39, 0.29) is 11.2 Å². The van der Waals surface area contributed by atoms with Crippen molar-refractivity contribution in [3.05, 3.63) is 30.3 Å². The molecule has 0 aliphatic heterocycles. The van der Waals surface area contributed by atoms with E-state index in [0.29, 0.717) is 18.0 Å². The molecule has 21 heavy (non-hydrogen) atoms. The molecule has 0 amide bonds. The molecule has 1 unspecified atom stereocenters. The molecule has 1 aromatic carbocycles. The number of thiazole rings is 1. The Bertz CT molecular complexity index is 599. The monoisotopic (exact) mass is 322 g/mol. The Hall–Kier alpha value is -1.53. The lowest BCUT2D eigenvalue weighted by molar-refractivity contribution is -0.142. The predicted molar refractivity (Wildman–Crippen MR) is 88.5 cm³/mol. The molecule has 2 N–H and O–H groups in total. The topological polar surface area (TPSA) is 65.2 Å². The van der Waals surface area contributed by atoms with Crippen LogP contribution >= 0.6 is 23.1 Å². The summed E-state index contributed by atoms with van der Waals surface area (Å²) in [6.07, 6.45) is 0.698. The Labute approximate surface area is 132 Å². The molecule has 112 valence electrons. The van der Waals surface area contributed by atoms with Crippen LogP contribution in [0.3, 0.4) is 0 Å². The van der Waals surface area contributed by atoms with Crippen LogP contribution in [0.25, 0.3) is 11.3 Å². The first kappa shape index (κ1) is 15.9. The molecule has 6 heteroatoms. The highest BCUT2D eigenvalue weighted by atomic mass is 32.2. The van der Waals surface area contributed by atoms with Crippen LogP contribution in [0.1, 0.15) is 20.3 Å². The number of nitrogen functional groups attached to an aromatic ring is 1. The molecule has 0 aliphatic rings. The first-order valence-electron chi connectivity index (χ1n) is 6.80. The molecule has 2 aromatic rings. The number of carbonyl (C=O) groups is 1. The number of nitrogens with two attached hydrogens (primary N) is 1. The summed E-state index contributed by atoms with van der Waals surface area (Å²) in [7, 11) is 0. The molecule has 0 saturated carbocycles. The van der Waals surface area contributed by atoms with Crippen LogP contribution in [0, 0.1) is 0 Å². The summed E-state index contributed by atoms with van der Waals surface area (Å²) in [5, 5.41) is 0.432. The van der Waals surface area contributed by atoms with E-state index in [4.69, 9.17) is 10.5 Å². The van der Waals surface area contributed by atoms with Gasteiger partial charge in [-0.2, -0.15) is 0 Å². The minimum Gasteiger partial charge on any atom is -0.465 e. The van der Waals surface area contributed by atoms with Crippen molar-refractivity contribution in [3.8, 4) is 11.3 Å². The Morgan fingerprint density at radius 3 is 2.71 bits per heavy atom. The second-order valence-corrected chi connectivity index (χ2v) is 6.81. The molecule has 2 rings (SSSR count). The van der Waals surface area contributed by atoms with Crippen LogP contribution in [-0.4, -0.2) is 22.8 Å². The molecular weight excluding hydrogens is 304 g/mol. The Kier molecular flexibility index (Phi) is 5.64. The second kappa shape index (κ2) is 7.47. The fraction of sp³-hybridized carbons (Fsp3) is 0.333. The Balaban J connectivity index is 2.17. The van der Waals surface area contributed by atoms with Crippen molar-refractivity contribution in [2.75, 3.05) is 12.3 Å². The zero-order valence-corrected chi connectivity index (χ0v) is 13.7. The van der Waals surface area contributed by atoms with E-state index in [1.54, 1.807) is 0 Å². The lowest BCUT2D eigenvalue weighted by atomic mass is 10.2. The normalized spacial score (nSPS) is 12.1. The van der Waals surface area contributed by atoms with Gasteiger partial charge < -0.3 is 10.5 Å². The quantitative estimate of drug-likeness (QED) is 0.647. The van der Waals surface area contributed by atoms with Gasteiger partial charge >= 0.3 is 5.97 Å². The number of anilines is 1. The molecule has 1 atom stereocenters. The van der Waals surface area contributed by atoms with Crippen LogP contribution in [-0.2, 0) is 9.53 Å². The fourth-order valence-electron chi connectivity index (χ4n) is 1.82. The summed E-state index contributed by atoms with van der Waals surface area (Å²) in [6.45, 7) is 4.17. The molecule has 0 aliphatic carbocycles. The average Bonchev–Trinajstić information content (AvgIpc) is 2.86. The lowest BCUT2D eigenvalue weighted by Gasteiger charge is -2.10. The van der Waals surface area contributed by atoms with E-state index in [1.165, 1.54) is 23.1 Å². The number of rotatable bonds is 6. The molecular formula is C15H18N2O2S2. The maximum Gasteiger partial charge on any atom is 0.319 e. The van der Waals surface area contributed by atoms with Gasteiger partial charge in [-0.25, -0.2) is 4.98 Å². The number of hydrogen-bond donors (Lipinski definition) is 1. The highest BCUT2D eigenvalue weighted by Gasteiger charge is 2.22. The van der Waals surface area contributed by atoms with Crippen molar-refractivity contribution >= 4 is 34.1 Å². The first-order chi connectivity index (χ1) is 10.2. The number of hydrogen-bond acceptors (Lipinski definition) is 6. The van der Waals surface area contributed by atoms with Gasteiger partial charge in [0.05, 0.1) is 6.61 Å². The highest BCUT2D eigenvalue weighted by Crippen LogP contribution is 2.37. The van der Waals surface area contributed by atoms with Gasteiger partial charge in [0.1, 0.15) is 15.9 Å². The molecule has 1 heterocycles. The standard InChI is InChI=1S/C15H18N2O2S2/c1-3-11(14(18)19-4-2)20-15-17-12(13(16)21-15)10-8-6-5-7-9-10/h5-9,11H,3-4,16H2,1-2H3. The maximum atomic E-state index is 11.8. The van der Waals surface area contributed by atoms with Gasteiger partial charge in [0, 0.05) is 5.56 Å². The molecule has 1 aromatic heterocycles. The fourth-order valence-corrected chi connectivity index (χ4v) is 3.93. The van der Waals surface area contributed by atoms with E-state index in [1.807, 2.05) is 44.2 Å².